The van der Waals surface area contributed by atoms with Crippen LogP contribution in [0.1, 0.15) is 18.9 Å². The van der Waals surface area contributed by atoms with E-state index in [9.17, 15) is 9.59 Å². The predicted octanol–water partition coefficient (Wildman–Crippen LogP) is 1.42. The molecule has 1 aromatic rings. The molecule has 21 heavy (non-hydrogen) atoms. The highest BCUT2D eigenvalue weighted by atomic mass is 16.2. The molecule has 1 N–H and O–H groups in total. The molecule has 1 aromatic carbocycles. The molecule has 0 aliphatic heterocycles. The Balaban J connectivity index is 2.60. The van der Waals surface area contributed by atoms with Gasteiger partial charge in [-0.2, -0.15) is 0 Å². The van der Waals surface area contributed by atoms with Crippen molar-refractivity contribution in [2.24, 2.45) is 0 Å². The maximum atomic E-state index is 12.2. The molecule has 116 valence electrons. The average Bonchev–Trinajstić information content (AvgIpc) is 2.44. The number of rotatable bonds is 6. The number of amides is 2. The van der Waals surface area contributed by atoms with Crippen LogP contribution in [-0.2, 0) is 9.59 Å². The lowest BCUT2D eigenvalue weighted by Gasteiger charge is -2.21. The average molecular weight is 291 g/mol. The van der Waals surface area contributed by atoms with Crippen molar-refractivity contribution in [3.05, 3.63) is 29.8 Å². The standard InChI is InChI=1S/C16H25N3O2/c1-5-19(14-9-6-8-13(2)12-14)16(21)15(20)17-10-7-11-18(3)4/h6,8-9,12H,5,7,10-11H2,1-4H3,(H,17,20). The normalized spacial score (nSPS) is 10.5. The van der Waals surface area contributed by atoms with Crippen molar-refractivity contribution < 1.29 is 9.59 Å². The van der Waals surface area contributed by atoms with Gasteiger partial charge >= 0.3 is 11.8 Å². The van der Waals surface area contributed by atoms with Gasteiger partial charge in [0.2, 0.25) is 0 Å². The van der Waals surface area contributed by atoms with E-state index in [0.29, 0.717) is 13.1 Å². The summed E-state index contributed by atoms with van der Waals surface area (Å²) in [6.07, 6.45) is 0.822. The zero-order valence-electron chi connectivity index (χ0n) is 13.3. The minimum Gasteiger partial charge on any atom is -0.348 e. The first-order chi connectivity index (χ1) is 9.95. The van der Waals surface area contributed by atoms with Gasteiger partial charge in [0.05, 0.1) is 0 Å². The lowest BCUT2D eigenvalue weighted by molar-refractivity contribution is -0.137. The zero-order valence-corrected chi connectivity index (χ0v) is 13.3. The monoisotopic (exact) mass is 291 g/mol. The topological polar surface area (TPSA) is 52.7 Å². The Labute approximate surface area is 126 Å². The third kappa shape index (κ3) is 5.55. The van der Waals surface area contributed by atoms with E-state index in [1.54, 1.807) is 0 Å². The van der Waals surface area contributed by atoms with E-state index in [0.717, 1.165) is 24.2 Å². The van der Waals surface area contributed by atoms with Crippen molar-refractivity contribution in [1.82, 2.24) is 10.2 Å². The molecule has 0 radical (unpaired) electrons. The molecule has 0 fully saturated rings. The summed E-state index contributed by atoms with van der Waals surface area (Å²) in [5, 5.41) is 2.68. The van der Waals surface area contributed by atoms with E-state index in [-0.39, 0.29) is 0 Å². The van der Waals surface area contributed by atoms with Crippen molar-refractivity contribution in [2.45, 2.75) is 20.3 Å². The van der Waals surface area contributed by atoms with E-state index in [4.69, 9.17) is 0 Å². The summed E-state index contributed by atoms with van der Waals surface area (Å²) in [6.45, 7) is 5.67. The van der Waals surface area contributed by atoms with Gasteiger partial charge in [-0.25, -0.2) is 0 Å². The second-order valence-electron chi connectivity index (χ2n) is 5.30. The van der Waals surface area contributed by atoms with Crippen LogP contribution in [0.4, 0.5) is 5.69 Å². The molecule has 0 saturated heterocycles. The first-order valence-corrected chi connectivity index (χ1v) is 7.26. The summed E-state index contributed by atoms with van der Waals surface area (Å²) in [5.41, 5.74) is 1.82. The molecule has 0 aliphatic carbocycles. The molecule has 0 atom stereocenters. The minimum absolute atomic E-state index is 0.466. The molecular formula is C16H25N3O2. The maximum absolute atomic E-state index is 12.2. The van der Waals surface area contributed by atoms with Crippen molar-refractivity contribution in [2.75, 3.05) is 38.6 Å². The van der Waals surface area contributed by atoms with Crippen LogP contribution in [0.3, 0.4) is 0 Å². The van der Waals surface area contributed by atoms with Gasteiger partial charge < -0.3 is 15.1 Å². The molecule has 1 rings (SSSR count). The largest absolute Gasteiger partial charge is 0.348 e. The van der Waals surface area contributed by atoms with E-state index in [2.05, 4.69) is 5.32 Å². The van der Waals surface area contributed by atoms with Crippen molar-refractivity contribution in [1.29, 1.82) is 0 Å². The number of carbonyl (C=O) groups is 2. The quantitative estimate of drug-likeness (QED) is 0.637. The summed E-state index contributed by atoms with van der Waals surface area (Å²) in [4.78, 5) is 27.7. The van der Waals surface area contributed by atoms with Crippen LogP contribution in [0.2, 0.25) is 0 Å². The zero-order chi connectivity index (χ0) is 15.8. The van der Waals surface area contributed by atoms with Gasteiger partial charge in [0.25, 0.3) is 0 Å². The second kappa shape index (κ2) is 8.42. The Morgan fingerprint density at radius 1 is 1.24 bits per heavy atom. The SMILES string of the molecule is CCN(C(=O)C(=O)NCCCN(C)C)c1cccc(C)c1. The number of hydrogen-bond donors (Lipinski definition) is 1. The van der Waals surface area contributed by atoms with Crippen LogP contribution in [0, 0.1) is 6.92 Å². The van der Waals surface area contributed by atoms with Gasteiger partial charge in [-0.3, -0.25) is 9.59 Å². The highest BCUT2D eigenvalue weighted by Crippen LogP contribution is 2.15. The lowest BCUT2D eigenvalue weighted by Crippen LogP contribution is -2.43. The fraction of sp³-hybridized carbons (Fsp3) is 0.500. The summed E-state index contributed by atoms with van der Waals surface area (Å²) >= 11 is 0. The third-order valence-electron chi connectivity index (χ3n) is 3.14. The van der Waals surface area contributed by atoms with Crippen LogP contribution in [-0.4, -0.2) is 50.4 Å². The first-order valence-electron chi connectivity index (χ1n) is 7.26. The lowest BCUT2D eigenvalue weighted by atomic mass is 10.2. The Morgan fingerprint density at radius 2 is 1.95 bits per heavy atom. The number of nitrogens with one attached hydrogen (secondary N) is 1. The molecular weight excluding hydrogens is 266 g/mol. The number of nitrogens with zero attached hydrogens (tertiary/aromatic N) is 2. The van der Waals surface area contributed by atoms with Crippen LogP contribution >= 0.6 is 0 Å². The fourth-order valence-corrected chi connectivity index (χ4v) is 2.03. The van der Waals surface area contributed by atoms with E-state index in [1.165, 1.54) is 4.90 Å². The van der Waals surface area contributed by atoms with Crippen LogP contribution in [0.5, 0.6) is 0 Å². The number of likely N-dealkylation sites (N-methyl/N-ethyl adjacent to an activating group) is 1. The van der Waals surface area contributed by atoms with E-state index < -0.39 is 11.8 Å². The molecule has 0 aromatic heterocycles. The van der Waals surface area contributed by atoms with E-state index in [1.807, 2.05) is 57.1 Å². The second-order valence-corrected chi connectivity index (χ2v) is 5.30. The maximum Gasteiger partial charge on any atom is 0.316 e. The Kier molecular flexibility index (Phi) is 6.88. The molecule has 2 amide bonds. The predicted molar refractivity (Wildman–Crippen MR) is 85.4 cm³/mol. The van der Waals surface area contributed by atoms with Gasteiger partial charge in [-0.15, -0.1) is 0 Å². The number of carbonyl (C=O) groups excluding carboxylic acids is 2. The highest BCUT2D eigenvalue weighted by Gasteiger charge is 2.21. The van der Waals surface area contributed by atoms with Crippen molar-refractivity contribution in [3.63, 3.8) is 0 Å². The van der Waals surface area contributed by atoms with Crippen molar-refractivity contribution in [3.8, 4) is 0 Å². The Bertz CT molecular complexity index is 486. The molecule has 0 saturated carbocycles. The molecule has 0 heterocycles. The molecule has 5 heteroatoms. The summed E-state index contributed by atoms with van der Waals surface area (Å²) < 4.78 is 0. The molecule has 0 spiro atoms. The van der Waals surface area contributed by atoms with Gasteiger partial charge in [-0.1, -0.05) is 12.1 Å². The number of hydrogen-bond acceptors (Lipinski definition) is 3. The minimum atomic E-state index is -0.544. The van der Waals surface area contributed by atoms with Gasteiger partial charge in [0, 0.05) is 18.8 Å². The van der Waals surface area contributed by atoms with Crippen LogP contribution in [0.25, 0.3) is 0 Å². The Morgan fingerprint density at radius 3 is 2.52 bits per heavy atom. The summed E-state index contributed by atoms with van der Waals surface area (Å²) in [6, 6.07) is 7.59. The number of benzene rings is 1. The van der Waals surface area contributed by atoms with Gasteiger partial charge in [0.15, 0.2) is 0 Å². The fourth-order valence-electron chi connectivity index (χ4n) is 2.03. The van der Waals surface area contributed by atoms with Crippen LogP contribution < -0.4 is 10.2 Å². The van der Waals surface area contributed by atoms with E-state index >= 15 is 0 Å². The Hall–Kier alpha value is -1.88. The van der Waals surface area contributed by atoms with Gasteiger partial charge in [-0.05, 0) is 58.6 Å². The van der Waals surface area contributed by atoms with Crippen molar-refractivity contribution >= 4 is 17.5 Å². The smallest absolute Gasteiger partial charge is 0.316 e. The number of anilines is 1. The first kappa shape index (κ1) is 17.2. The third-order valence-corrected chi connectivity index (χ3v) is 3.14. The molecule has 0 aliphatic rings. The highest BCUT2D eigenvalue weighted by molar-refractivity contribution is 6.40. The summed E-state index contributed by atoms with van der Waals surface area (Å²) in [7, 11) is 3.95. The molecule has 5 nitrogen and oxygen atoms in total. The number of aryl methyl sites for hydroxylation is 1. The van der Waals surface area contributed by atoms with Crippen LogP contribution in [0.15, 0.2) is 24.3 Å². The van der Waals surface area contributed by atoms with Gasteiger partial charge in [0.1, 0.15) is 0 Å². The molecule has 0 bridgehead atoms. The summed E-state index contributed by atoms with van der Waals surface area (Å²) in [5.74, 6) is -1.05. The molecule has 0 unspecified atom stereocenters.